The van der Waals surface area contributed by atoms with Gasteiger partial charge in [0.1, 0.15) is 10.6 Å². The summed E-state index contributed by atoms with van der Waals surface area (Å²) in [4.78, 5) is 24.2. The van der Waals surface area contributed by atoms with Crippen LogP contribution >= 0.6 is 35.3 Å². The fraction of sp³-hybridized carbons (Fsp3) is 0.571. The van der Waals surface area contributed by atoms with E-state index in [1.165, 1.54) is 30.6 Å². The SMILES string of the molecule is CCNC(=NCC(c1ccco1)N1CCCCC1)NCCNC(=O)c1scnc1C.I. The molecule has 1 saturated heterocycles. The van der Waals surface area contributed by atoms with Crippen LogP contribution in [-0.4, -0.2) is 61.0 Å². The van der Waals surface area contributed by atoms with Crippen molar-refractivity contribution in [2.45, 2.75) is 39.2 Å². The first-order valence-electron chi connectivity index (χ1n) is 10.7. The van der Waals surface area contributed by atoms with E-state index in [4.69, 9.17) is 9.41 Å². The van der Waals surface area contributed by atoms with Crippen LogP contribution in [0.5, 0.6) is 0 Å². The molecule has 0 bridgehead atoms. The summed E-state index contributed by atoms with van der Waals surface area (Å²) in [5, 5.41) is 9.51. The van der Waals surface area contributed by atoms with Gasteiger partial charge in [0.05, 0.1) is 30.1 Å². The summed E-state index contributed by atoms with van der Waals surface area (Å²) >= 11 is 1.36. The largest absolute Gasteiger partial charge is 0.468 e. The number of guanidine groups is 1. The number of hydrogen-bond acceptors (Lipinski definition) is 6. The molecule has 3 N–H and O–H groups in total. The second-order valence-electron chi connectivity index (χ2n) is 7.30. The molecule has 31 heavy (non-hydrogen) atoms. The fourth-order valence-electron chi connectivity index (χ4n) is 3.57. The summed E-state index contributed by atoms with van der Waals surface area (Å²) in [5.41, 5.74) is 2.46. The average molecular weight is 561 g/mol. The van der Waals surface area contributed by atoms with Crippen molar-refractivity contribution in [1.82, 2.24) is 25.8 Å². The summed E-state index contributed by atoms with van der Waals surface area (Å²) in [6.45, 7) is 8.53. The molecule has 1 unspecified atom stereocenters. The van der Waals surface area contributed by atoms with Crippen LogP contribution < -0.4 is 16.0 Å². The number of carbonyl (C=O) groups excluding carboxylic acids is 1. The number of rotatable bonds is 9. The Hall–Kier alpha value is -1.66. The number of furan rings is 1. The normalized spacial score (nSPS) is 15.7. The molecule has 10 heteroatoms. The molecule has 2 aromatic heterocycles. The number of halogens is 1. The highest BCUT2D eigenvalue weighted by Gasteiger charge is 2.24. The molecule has 1 amide bonds. The molecule has 0 aliphatic carbocycles. The molecule has 1 aliphatic heterocycles. The number of nitrogens with zero attached hydrogens (tertiary/aromatic N) is 3. The van der Waals surface area contributed by atoms with Gasteiger partial charge >= 0.3 is 0 Å². The van der Waals surface area contributed by atoms with Crippen molar-refractivity contribution in [3.8, 4) is 0 Å². The van der Waals surface area contributed by atoms with Gasteiger partial charge in [-0.05, 0) is 51.9 Å². The number of nitrogens with one attached hydrogen (secondary N) is 3. The van der Waals surface area contributed by atoms with E-state index >= 15 is 0 Å². The summed E-state index contributed by atoms with van der Waals surface area (Å²) in [7, 11) is 0. The van der Waals surface area contributed by atoms with E-state index in [9.17, 15) is 4.79 Å². The third kappa shape index (κ3) is 7.76. The zero-order chi connectivity index (χ0) is 21.2. The van der Waals surface area contributed by atoms with Gasteiger partial charge in [0.15, 0.2) is 5.96 Å². The lowest BCUT2D eigenvalue weighted by Crippen LogP contribution is -2.42. The van der Waals surface area contributed by atoms with Crippen molar-refractivity contribution in [2.75, 3.05) is 39.3 Å². The molecule has 0 radical (unpaired) electrons. The number of aryl methyl sites for hydroxylation is 1. The molecule has 3 heterocycles. The number of amides is 1. The van der Waals surface area contributed by atoms with Gasteiger partial charge in [-0.2, -0.15) is 0 Å². The van der Waals surface area contributed by atoms with Gasteiger partial charge in [0.2, 0.25) is 0 Å². The zero-order valence-corrected chi connectivity index (χ0v) is 21.4. The quantitative estimate of drug-likeness (QED) is 0.189. The summed E-state index contributed by atoms with van der Waals surface area (Å²) in [6, 6.07) is 4.11. The van der Waals surface area contributed by atoms with Crippen molar-refractivity contribution in [2.24, 2.45) is 4.99 Å². The lowest BCUT2D eigenvalue weighted by molar-refractivity contribution is 0.0957. The van der Waals surface area contributed by atoms with Crippen LogP contribution in [0.3, 0.4) is 0 Å². The first-order valence-corrected chi connectivity index (χ1v) is 11.5. The van der Waals surface area contributed by atoms with E-state index in [0.717, 1.165) is 37.0 Å². The summed E-state index contributed by atoms with van der Waals surface area (Å²) in [5.74, 6) is 1.62. The van der Waals surface area contributed by atoms with Crippen LogP contribution in [0.2, 0.25) is 0 Å². The summed E-state index contributed by atoms with van der Waals surface area (Å²) in [6.07, 6.45) is 5.46. The number of thiazole rings is 1. The van der Waals surface area contributed by atoms with Crippen LogP contribution in [0, 0.1) is 6.92 Å². The number of aromatic nitrogens is 1. The molecule has 1 atom stereocenters. The van der Waals surface area contributed by atoms with E-state index in [1.54, 1.807) is 11.8 Å². The lowest BCUT2D eigenvalue weighted by Gasteiger charge is -2.32. The summed E-state index contributed by atoms with van der Waals surface area (Å²) < 4.78 is 5.71. The second kappa shape index (κ2) is 13.7. The van der Waals surface area contributed by atoms with Crippen molar-refractivity contribution in [3.05, 3.63) is 40.2 Å². The molecular weight excluding hydrogens is 527 g/mol. The van der Waals surface area contributed by atoms with Crippen LogP contribution in [-0.2, 0) is 0 Å². The fourth-order valence-corrected chi connectivity index (χ4v) is 4.29. The van der Waals surface area contributed by atoms with E-state index in [-0.39, 0.29) is 35.9 Å². The number of hydrogen-bond donors (Lipinski definition) is 3. The van der Waals surface area contributed by atoms with Crippen molar-refractivity contribution < 1.29 is 9.21 Å². The standard InChI is InChI=1S/C21H32N6O2S.HI/c1-3-22-21(24-10-9-23-20(28)19-16(2)26-15-30-19)25-14-17(18-8-7-13-29-18)27-11-5-4-6-12-27;/h7-8,13,15,17H,3-6,9-12,14H2,1-2H3,(H,23,28)(H2,22,24,25);1H. The smallest absolute Gasteiger partial charge is 0.263 e. The van der Waals surface area contributed by atoms with Gasteiger partial charge in [-0.15, -0.1) is 35.3 Å². The number of carbonyl (C=O) groups is 1. The highest BCUT2D eigenvalue weighted by Crippen LogP contribution is 2.25. The van der Waals surface area contributed by atoms with Crippen LogP contribution in [0.15, 0.2) is 33.3 Å². The zero-order valence-electron chi connectivity index (χ0n) is 18.2. The molecule has 3 rings (SSSR count). The molecular formula is C21H33IN6O2S. The van der Waals surface area contributed by atoms with Crippen molar-refractivity contribution in [1.29, 1.82) is 0 Å². The monoisotopic (exact) mass is 560 g/mol. The van der Waals surface area contributed by atoms with E-state index < -0.39 is 0 Å². The molecule has 0 spiro atoms. The Morgan fingerprint density at radius 2 is 2.03 bits per heavy atom. The Kier molecular flexibility index (Phi) is 11.3. The van der Waals surface area contributed by atoms with Gasteiger partial charge < -0.3 is 20.4 Å². The number of piperidine rings is 1. The number of aliphatic imine (C=N–C) groups is 1. The van der Waals surface area contributed by atoms with E-state index in [2.05, 4.69) is 25.8 Å². The molecule has 172 valence electrons. The van der Waals surface area contributed by atoms with E-state index in [0.29, 0.717) is 24.5 Å². The van der Waals surface area contributed by atoms with Gasteiger partial charge in [0, 0.05) is 19.6 Å². The maximum Gasteiger partial charge on any atom is 0.263 e. The van der Waals surface area contributed by atoms with Gasteiger partial charge in [-0.3, -0.25) is 14.7 Å². The first-order chi connectivity index (χ1) is 14.7. The molecule has 2 aromatic rings. The maximum absolute atomic E-state index is 12.2. The van der Waals surface area contributed by atoms with Gasteiger partial charge in [-0.25, -0.2) is 4.98 Å². The van der Waals surface area contributed by atoms with Crippen molar-refractivity contribution >= 4 is 47.2 Å². The van der Waals surface area contributed by atoms with E-state index in [1.807, 2.05) is 26.0 Å². The predicted molar refractivity (Wildman–Crippen MR) is 135 cm³/mol. The third-order valence-corrected chi connectivity index (χ3v) is 6.05. The number of likely N-dealkylation sites (tertiary alicyclic amines) is 1. The minimum Gasteiger partial charge on any atom is -0.468 e. The molecule has 0 aromatic carbocycles. The Balaban J connectivity index is 0.00000341. The second-order valence-corrected chi connectivity index (χ2v) is 8.15. The topological polar surface area (TPSA) is 94.8 Å². The Labute approximate surface area is 205 Å². The lowest BCUT2D eigenvalue weighted by atomic mass is 10.1. The Morgan fingerprint density at radius 1 is 1.26 bits per heavy atom. The van der Waals surface area contributed by atoms with Crippen LogP contribution in [0.1, 0.15) is 53.4 Å². The van der Waals surface area contributed by atoms with Crippen LogP contribution in [0.4, 0.5) is 0 Å². The van der Waals surface area contributed by atoms with Gasteiger partial charge in [0.25, 0.3) is 5.91 Å². The first kappa shape index (κ1) is 25.6. The predicted octanol–water partition coefficient (Wildman–Crippen LogP) is 3.17. The Morgan fingerprint density at radius 3 is 2.68 bits per heavy atom. The minimum atomic E-state index is -0.0817. The highest BCUT2D eigenvalue weighted by molar-refractivity contribution is 14.0. The molecule has 1 aliphatic rings. The van der Waals surface area contributed by atoms with Gasteiger partial charge in [-0.1, -0.05) is 6.42 Å². The highest BCUT2D eigenvalue weighted by atomic mass is 127. The molecule has 1 fully saturated rings. The minimum absolute atomic E-state index is 0. The maximum atomic E-state index is 12.2. The molecule has 0 saturated carbocycles. The Bertz CT molecular complexity index is 805. The average Bonchev–Trinajstić information content (AvgIpc) is 3.44. The van der Waals surface area contributed by atoms with Crippen molar-refractivity contribution in [3.63, 3.8) is 0 Å². The third-order valence-electron chi connectivity index (χ3n) is 5.12. The van der Waals surface area contributed by atoms with Crippen LogP contribution in [0.25, 0.3) is 0 Å². The molecule has 8 nitrogen and oxygen atoms in total.